The SMILES string of the molecule is CCc1nc(Br)cc(NCc2ccccc2Cl)n1. The summed E-state index contributed by atoms with van der Waals surface area (Å²) in [5, 5.41) is 4.01. The van der Waals surface area contributed by atoms with Crippen LogP contribution in [0.15, 0.2) is 34.9 Å². The third kappa shape index (κ3) is 3.43. The van der Waals surface area contributed by atoms with E-state index < -0.39 is 0 Å². The number of aryl methyl sites for hydroxylation is 1. The van der Waals surface area contributed by atoms with Gasteiger partial charge in [0.15, 0.2) is 0 Å². The van der Waals surface area contributed by atoms with Crippen molar-refractivity contribution in [3.8, 4) is 0 Å². The highest BCUT2D eigenvalue weighted by Gasteiger charge is 2.03. The fraction of sp³-hybridized carbons (Fsp3) is 0.231. The second kappa shape index (κ2) is 6.16. The summed E-state index contributed by atoms with van der Waals surface area (Å²) in [6.45, 7) is 2.67. The molecule has 0 aliphatic carbocycles. The van der Waals surface area contributed by atoms with E-state index in [-0.39, 0.29) is 0 Å². The average molecular weight is 327 g/mol. The van der Waals surface area contributed by atoms with Crippen LogP contribution >= 0.6 is 27.5 Å². The highest BCUT2D eigenvalue weighted by molar-refractivity contribution is 9.10. The summed E-state index contributed by atoms with van der Waals surface area (Å²) in [7, 11) is 0. The molecule has 94 valence electrons. The van der Waals surface area contributed by atoms with Crippen LogP contribution in [0.5, 0.6) is 0 Å². The highest BCUT2D eigenvalue weighted by atomic mass is 79.9. The summed E-state index contributed by atoms with van der Waals surface area (Å²) in [6, 6.07) is 9.62. The van der Waals surface area contributed by atoms with Gasteiger partial charge in [0, 0.05) is 24.1 Å². The fourth-order valence-corrected chi connectivity index (χ4v) is 2.16. The van der Waals surface area contributed by atoms with Gasteiger partial charge in [-0.1, -0.05) is 36.7 Å². The normalized spacial score (nSPS) is 10.4. The second-order valence-electron chi connectivity index (χ2n) is 3.79. The molecule has 0 bridgehead atoms. The van der Waals surface area contributed by atoms with Crippen LogP contribution < -0.4 is 5.32 Å². The van der Waals surface area contributed by atoms with Gasteiger partial charge >= 0.3 is 0 Å². The number of nitrogens with zero attached hydrogens (tertiary/aromatic N) is 2. The van der Waals surface area contributed by atoms with E-state index in [1.165, 1.54) is 0 Å². The van der Waals surface area contributed by atoms with Crippen molar-refractivity contribution in [3.63, 3.8) is 0 Å². The third-order valence-corrected chi connectivity index (χ3v) is 3.25. The Morgan fingerprint density at radius 3 is 2.78 bits per heavy atom. The van der Waals surface area contributed by atoms with E-state index in [1.807, 2.05) is 37.3 Å². The maximum Gasteiger partial charge on any atom is 0.131 e. The van der Waals surface area contributed by atoms with Crippen molar-refractivity contribution in [1.29, 1.82) is 0 Å². The molecule has 0 amide bonds. The van der Waals surface area contributed by atoms with Gasteiger partial charge < -0.3 is 5.32 Å². The summed E-state index contributed by atoms with van der Waals surface area (Å²) >= 11 is 9.48. The lowest BCUT2D eigenvalue weighted by atomic mass is 10.2. The van der Waals surface area contributed by atoms with Crippen LogP contribution in [0.2, 0.25) is 5.02 Å². The smallest absolute Gasteiger partial charge is 0.131 e. The Bertz CT molecular complexity index is 546. The van der Waals surface area contributed by atoms with Crippen molar-refractivity contribution in [2.75, 3.05) is 5.32 Å². The number of hydrogen-bond acceptors (Lipinski definition) is 3. The van der Waals surface area contributed by atoms with E-state index in [2.05, 4.69) is 31.2 Å². The summed E-state index contributed by atoms with van der Waals surface area (Å²) in [5.41, 5.74) is 1.05. The Hall–Kier alpha value is -1.13. The minimum atomic E-state index is 0.645. The standard InChI is InChI=1S/C13H13BrClN3/c1-2-12-17-11(14)7-13(18-12)16-8-9-5-3-4-6-10(9)15/h3-7H,2,8H2,1H3,(H,16,17,18). The molecule has 0 fully saturated rings. The molecule has 0 saturated carbocycles. The molecule has 0 spiro atoms. The zero-order valence-corrected chi connectivity index (χ0v) is 12.3. The zero-order chi connectivity index (χ0) is 13.0. The summed E-state index contributed by atoms with van der Waals surface area (Å²) < 4.78 is 0.788. The first-order valence-corrected chi connectivity index (χ1v) is 6.87. The van der Waals surface area contributed by atoms with E-state index in [4.69, 9.17) is 11.6 Å². The van der Waals surface area contributed by atoms with Gasteiger partial charge in [-0.05, 0) is 27.6 Å². The van der Waals surface area contributed by atoms with Gasteiger partial charge in [0.2, 0.25) is 0 Å². The third-order valence-electron chi connectivity index (χ3n) is 2.48. The monoisotopic (exact) mass is 325 g/mol. The van der Waals surface area contributed by atoms with E-state index in [1.54, 1.807) is 0 Å². The number of halogens is 2. The number of nitrogens with one attached hydrogen (secondary N) is 1. The number of benzene rings is 1. The van der Waals surface area contributed by atoms with Gasteiger partial charge in [0.05, 0.1) is 0 Å². The van der Waals surface area contributed by atoms with Crippen molar-refractivity contribution in [2.45, 2.75) is 19.9 Å². The Morgan fingerprint density at radius 1 is 1.28 bits per heavy atom. The second-order valence-corrected chi connectivity index (χ2v) is 5.01. The maximum absolute atomic E-state index is 6.10. The molecular formula is C13H13BrClN3. The molecule has 0 aliphatic heterocycles. The van der Waals surface area contributed by atoms with E-state index in [0.29, 0.717) is 6.54 Å². The summed E-state index contributed by atoms with van der Waals surface area (Å²) in [4.78, 5) is 8.67. The molecule has 1 aromatic heterocycles. The average Bonchev–Trinajstić information content (AvgIpc) is 2.37. The predicted octanol–water partition coefficient (Wildman–Crippen LogP) is 4.07. The Labute approximate surface area is 120 Å². The number of anilines is 1. The molecule has 0 atom stereocenters. The van der Waals surface area contributed by atoms with E-state index in [9.17, 15) is 0 Å². The topological polar surface area (TPSA) is 37.8 Å². The Kier molecular flexibility index (Phi) is 4.55. The lowest BCUT2D eigenvalue weighted by Crippen LogP contribution is -2.04. The quantitative estimate of drug-likeness (QED) is 0.861. The lowest BCUT2D eigenvalue weighted by Gasteiger charge is -2.08. The van der Waals surface area contributed by atoms with Gasteiger partial charge in [-0.2, -0.15) is 0 Å². The fourth-order valence-electron chi connectivity index (χ4n) is 1.54. The van der Waals surface area contributed by atoms with Crippen molar-refractivity contribution in [1.82, 2.24) is 9.97 Å². The van der Waals surface area contributed by atoms with Crippen molar-refractivity contribution in [3.05, 3.63) is 51.3 Å². The largest absolute Gasteiger partial charge is 0.366 e. The van der Waals surface area contributed by atoms with Gasteiger partial charge in [0.1, 0.15) is 16.2 Å². The molecule has 0 unspecified atom stereocenters. The zero-order valence-electron chi connectivity index (χ0n) is 9.95. The summed E-state index contributed by atoms with van der Waals surface area (Å²) in [5.74, 6) is 1.61. The minimum absolute atomic E-state index is 0.645. The van der Waals surface area contributed by atoms with Crippen molar-refractivity contribution < 1.29 is 0 Å². The van der Waals surface area contributed by atoms with Crippen LogP contribution in [-0.4, -0.2) is 9.97 Å². The van der Waals surface area contributed by atoms with Crippen LogP contribution in [0.1, 0.15) is 18.3 Å². The molecule has 3 nitrogen and oxygen atoms in total. The van der Waals surface area contributed by atoms with Gasteiger partial charge in [0.25, 0.3) is 0 Å². The Morgan fingerprint density at radius 2 is 2.06 bits per heavy atom. The molecule has 5 heteroatoms. The summed E-state index contributed by atoms with van der Waals surface area (Å²) in [6.07, 6.45) is 0.806. The molecule has 2 aromatic rings. The maximum atomic E-state index is 6.10. The molecule has 1 aromatic carbocycles. The molecule has 2 rings (SSSR count). The van der Waals surface area contributed by atoms with Gasteiger partial charge in [-0.3, -0.25) is 0 Å². The number of rotatable bonds is 4. The molecule has 1 heterocycles. The van der Waals surface area contributed by atoms with Crippen LogP contribution in [-0.2, 0) is 13.0 Å². The molecule has 0 radical (unpaired) electrons. The predicted molar refractivity (Wildman–Crippen MR) is 77.9 cm³/mol. The molecule has 0 aliphatic rings. The van der Waals surface area contributed by atoms with Crippen molar-refractivity contribution in [2.24, 2.45) is 0 Å². The van der Waals surface area contributed by atoms with Crippen molar-refractivity contribution >= 4 is 33.3 Å². The molecular weight excluding hydrogens is 314 g/mol. The molecule has 0 saturated heterocycles. The van der Waals surface area contributed by atoms with Gasteiger partial charge in [-0.15, -0.1) is 0 Å². The van der Waals surface area contributed by atoms with Crippen LogP contribution in [0.4, 0.5) is 5.82 Å². The van der Waals surface area contributed by atoms with Crippen LogP contribution in [0.25, 0.3) is 0 Å². The minimum Gasteiger partial charge on any atom is -0.366 e. The first kappa shape index (κ1) is 13.3. The number of hydrogen-bond donors (Lipinski definition) is 1. The molecule has 1 N–H and O–H groups in total. The van der Waals surface area contributed by atoms with E-state index in [0.717, 1.165) is 33.3 Å². The van der Waals surface area contributed by atoms with Crippen LogP contribution in [0.3, 0.4) is 0 Å². The van der Waals surface area contributed by atoms with Crippen LogP contribution in [0, 0.1) is 0 Å². The number of aromatic nitrogens is 2. The Balaban J connectivity index is 2.11. The first-order chi connectivity index (χ1) is 8.69. The van der Waals surface area contributed by atoms with E-state index >= 15 is 0 Å². The first-order valence-electron chi connectivity index (χ1n) is 5.69. The molecule has 18 heavy (non-hydrogen) atoms. The lowest BCUT2D eigenvalue weighted by molar-refractivity contribution is 0.921. The highest BCUT2D eigenvalue weighted by Crippen LogP contribution is 2.17. The van der Waals surface area contributed by atoms with Gasteiger partial charge in [-0.25, -0.2) is 9.97 Å².